The van der Waals surface area contributed by atoms with Gasteiger partial charge in [-0.1, -0.05) is 36.4 Å². The Morgan fingerprint density at radius 2 is 1.70 bits per heavy atom. The summed E-state index contributed by atoms with van der Waals surface area (Å²) in [6.45, 7) is 0.742. The molecule has 0 bridgehead atoms. The molecule has 0 spiro atoms. The van der Waals surface area contributed by atoms with Crippen LogP contribution in [-0.4, -0.2) is 26.9 Å². The van der Waals surface area contributed by atoms with Gasteiger partial charge in [0, 0.05) is 28.8 Å². The first kappa shape index (κ1) is 17.3. The van der Waals surface area contributed by atoms with Crippen molar-refractivity contribution in [2.24, 2.45) is 0 Å². The number of hydrogen-bond acceptors (Lipinski definition) is 4. The highest BCUT2D eigenvalue weighted by Gasteiger charge is 2.27. The van der Waals surface area contributed by atoms with E-state index in [4.69, 9.17) is 14.2 Å². The van der Waals surface area contributed by atoms with Gasteiger partial charge in [-0.2, -0.15) is 0 Å². The Labute approximate surface area is 159 Å². The third-order valence-electron chi connectivity index (χ3n) is 4.81. The van der Waals surface area contributed by atoms with E-state index in [-0.39, 0.29) is 6.10 Å². The topological polar surface area (TPSA) is 39.7 Å². The first-order valence-corrected chi connectivity index (χ1v) is 9.08. The first-order valence-electron chi connectivity index (χ1n) is 9.08. The zero-order valence-electron chi connectivity index (χ0n) is 15.6. The lowest BCUT2D eigenvalue weighted by Crippen LogP contribution is -2.23. The second kappa shape index (κ2) is 7.62. The minimum Gasteiger partial charge on any atom is -0.497 e. The Kier molecular flexibility index (Phi) is 4.88. The van der Waals surface area contributed by atoms with Crippen LogP contribution in [0.25, 0.3) is 11.1 Å². The maximum Gasteiger partial charge on any atom is 0.131 e. The van der Waals surface area contributed by atoms with Crippen LogP contribution < -0.4 is 19.5 Å². The van der Waals surface area contributed by atoms with Crippen molar-refractivity contribution in [2.75, 3.05) is 26.1 Å². The van der Waals surface area contributed by atoms with Gasteiger partial charge < -0.3 is 19.5 Å². The molecule has 0 fully saturated rings. The molecular formula is C23H23NO3. The maximum atomic E-state index is 6.34. The summed E-state index contributed by atoms with van der Waals surface area (Å²) in [5, 5.41) is 3.45. The monoisotopic (exact) mass is 361 g/mol. The second-order valence-electron chi connectivity index (χ2n) is 6.55. The van der Waals surface area contributed by atoms with Crippen LogP contribution in [0.4, 0.5) is 5.69 Å². The summed E-state index contributed by atoms with van der Waals surface area (Å²) in [6.07, 6.45) is 0.912. The van der Waals surface area contributed by atoms with E-state index in [0.717, 1.165) is 52.6 Å². The van der Waals surface area contributed by atoms with Gasteiger partial charge in [0.1, 0.15) is 23.4 Å². The Morgan fingerprint density at radius 1 is 0.926 bits per heavy atom. The number of rotatable bonds is 6. The number of hydrogen-bond donors (Lipinski definition) is 1. The molecule has 4 nitrogen and oxygen atoms in total. The molecule has 3 aromatic rings. The van der Waals surface area contributed by atoms with Crippen LogP contribution in [0, 0.1) is 0 Å². The van der Waals surface area contributed by atoms with Gasteiger partial charge in [-0.3, -0.25) is 0 Å². The average molecular weight is 361 g/mol. The van der Waals surface area contributed by atoms with Crippen LogP contribution in [0.3, 0.4) is 0 Å². The summed E-state index contributed by atoms with van der Waals surface area (Å²) in [5.41, 5.74) is 4.27. The van der Waals surface area contributed by atoms with E-state index in [1.54, 1.807) is 14.2 Å². The molecule has 1 aliphatic heterocycles. The molecule has 0 radical (unpaired) electrons. The van der Waals surface area contributed by atoms with Gasteiger partial charge in [-0.05, 0) is 30.3 Å². The number of anilines is 1. The molecule has 3 aromatic carbocycles. The molecule has 1 atom stereocenters. The molecule has 0 saturated heterocycles. The third kappa shape index (κ3) is 3.56. The van der Waals surface area contributed by atoms with Crippen molar-refractivity contribution in [2.45, 2.75) is 12.5 Å². The fraction of sp³-hybridized carbons (Fsp3) is 0.217. The lowest BCUT2D eigenvalue weighted by molar-refractivity contribution is 0.247. The minimum absolute atomic E-state index is 0.0702. The Morgan fingerprint density at radius 3 is 2.48 bits per heavy atom. The smallest absolute Gasteiger partial charge is 0.131 e. The number of fused-ring (bicyclic) bond motifs is 1. The molecule has 138 valence electrons. The predicted molar refractivity (Wildman–Crippen MR) is 108 cm³/mol. The third-order valence-corrected chi connectivity index (χ3v) is 4.81. The van der Waals surface area contributed by atoms with E-state index in [0.29, 0.717) is 0 Å². The van der Waals surface area contributed by atoms with Gasteiger partial charge >= 0.3 is 0 Å². The quantitative estimate of drug-likeness (QED) is 0.685. The van der Waals surface area contributed by atoms with E-state index in [9.17, 15) is 0 Å². The normalized spacial score (nSPS) is 15.0. The van der Waals surface area contributed by atoms with Crippen molar-refractivity contribution in [1.82, 2.24) is 0 Å². The zero-order valence-corrected chi connectivity index (χ0v) is 15.6. The van der Waals surface area contributed by atoms with Gasteiger partial charge in [0.05, 0.1) is 20.8 Å². The lowest BCUT2D eigenvalue weighted by atomic mass is 9.99. The van der Waals surface area contributed by atoms with Crippen molar-refractivity contribution in [3.05, 3.63) is 72.3 Å². The number of benzene rings is 3. The standard InChI is InChI=1S/C23H23NO3/c1-25-18-12-16-13-19(15-24-17-8-4-3-5-9-17)27-23(16)21(14-18)20-10-6-7-11-22(20)26-2/h3-12,14,19,24H,13,15H2,1-2H3. The first-order chi connectivity index (χ1) is 13.3. The molecule has 0 aromatic heterocycles. The van der Waals surface area contributed by atoms with E-state index < -0.39 is 0 Å². The van der Waals surface area contributed by atoms with Crippen LogP contribution in [0.5, 0.6) is 17.2 Å². The van der Waals surface area contributed by atoms with E-state index >= 15 is 0 Å². The Bertz CT molecular complexity index is 924. The van der Waals surface area contributed by atoms with Gasteiger partial charge in [-0.25, -0.2) is 0 Å². The highest BCUT2D eigenvalue weighted by Crippen LogP contribution is 2.44. The molecular weight excluding hydrogens is 338 g/mol. The molecule has 0 aliphatic carbocycles. The fourth-order valence-corrected chi connectivity index (χ4v) is 3.49. The highest BCUT2D eigenvalue weighted by atomic mass is 16.5. The fourth-order valence-electron chi connectivity index (χ4n) is 3.49. The van der Waals surface area contributed by atoms with E-state index in [2.05, 4.69) is 23.5 Å². The van der Waals surface area contributed by atoms with Crippen molar-refractivity contribution in [3.63, 3.8) is 0 Å². The maximum absolute atomic E-state index is 6.34. The molecule has 1 heterocycles. The van der Waals surface area contributed by atoms with Gasteiger partial charge in [0.2, 0.25) is 0 Å². The molecule has 27 heavy (non-hydrogen) atoms. The molecule has 4 heteroatoms. The molecule has 1 aliphatic rings. The number of ether oxygens (including phenoxy) is 3. The lowest BCUT2D eigenvalue weighted by Gasteiger charge is -2.16. The number of methoxy groups -OCH3 is 2. The SMILES string of the molecule is COc1cc2c(c(-c3ccccc3OC)c1)OC(CNc1ccccc1)C2. The highest BCUT2D eigenvalue weighted by molar-refractivity contribution is 5.79. The van der Waals surface area contributed by atoms with Gasteiger partial charge in [0.25, 0.3) is 0 Å². The minimum atomic E-state index is 0.0702. The van der Waals surface area contributed by atoms with Crippen molar-refractivity contribution >= 4 is 5.69 Å². The number of nitrogens with one attached hydrogen (secondary N) is 1. The second-order valence-corrected chi connectivity index (χ2v) is 6.55. The predicted octanol–water partition coefficient (Wildman–Crippen LogP) is 4.79. The summed E-state index contributed by atoms with van der Waals surface area (Å²) in [6, 6.07) is 22.3. The summed E-state index contributed by atoms with van der Waals surface area (Å²) >= 11 is 0. The van der Waals surface area contributed by atoms with Crippen molar-refractivity contribution in [1.29, 1.82) is 0 Å². The Balaban J connectivity index is 1.62. The summed E-state index contributed by atoms with van der Waals surface area (Å²) in [4.78, 5) is 0. The van der Waals surface area contributed by atoms with Crippen LogP contribution in [0.1, 0.15) is 5.56 Å². The molecule has 0 amide bonds. The van der Waals surface area contributed by atoms with Crippen LogP contribution >= 0.6 is 0 Å². The summed E-state index contributed by atoms with van der Waals surface area (Å²) in [5.74, 6) is 2.57. The molecule has 0 saturated carbocycles. The molecule has 1 unspecified atom stereocenters. The van der Waals surface area contributed by atoms with E-state index in [1.165, 1.54) is 0 Å². The zero-order chi connectivity index (χ0) is 18.6. The van der Waals surface area contributed by atoms with Gasteiger partial charge in [-0.15, -0.1) is 0 Å². The largest absolute Gasteiger partial charge is 0.497 e. The molecule has 1 N–H and O–H groups in total. The van der Waals surface area contributed by atoms with E-state index in [1.807, 2.05) is 48.5 Å². The number of para-hydroxylation sites is 2. The van der Waals surface area contributed by atoms with Crippen molar-refractivity contribution < 1.29 is 14.2 Å². The van der Waals surface area contributed by atoms with Crippen molar-refractivity contribution in [3.8, 4) is 28.4 Å². The Hall–Kier alpha value is -3.14. The summed E-state index contributed by atoms with van der Waals surface area (Å²) < 4.78 is 17.4. The average Bonchev–Trinajstić information content (AvgIpc) is 3.15. The van der Waals surface area contributed by atoms with Gasteiger partial charge in [0.15, 0.2) is 0 Å². The van der Waals surface area contributed by atoms with Crippen LogP contribution in [0.15, 0.2) is 66.7 Å². The molecule has 4 rings (SSSR count). The van der Waals surface area contributed by atoms with Crippen LogP contribution in [-0.2, 0) is 6.42 Å². The summed E-state index contributed by atoms with van der Waals surface area (Å²) in [7, 11) is 3.38. The van der Waals surface area contributed by atoms with Crippen LogP contribution in [0.2, 0.25) is 0 Å².